The molecule has 4 heteroatoms. The predicted octanol–water partition coefficient (Wildman–Crippen LogP) is 2.61. The van der Waals surface area contributed by atoms with Crippen LogP contribution in [0.25, 0.3) is 0 Å². The van der Waals surface area contributed by atoms with Crippen molar-refractivity contribution in [3.8, 4) is 5.75 Å². The first-order chi connectivity index (χ1) is 10.3. The van der Waals surface area contributed by atoms with Gasteiger partial charge in [-0.25, -0.2) is 9.79 Å². The molecule has 0 saturated carbocycles. The third-order valence-electron chi connectivity index (χ3n) is 3.35. The van der Waals surface area contributed by atoms with Gasteiger partial charge in [0, 0.05) is 12.0 Å². The third kappa shape index (κ3) is 2.94. The minimum atomic E-state index is -0.468. The first-order valence-corrected chi connectivity index (χ1v) is 6.74. The average molecular weight is 281 g/mol. The number of hydrogen-bond donors (Lipinski definition) is 0. The first kappa shape index (κ1) is 13.4. The van der Waals surface area contributed by atoms with Crippen molar-refractivity contribution in [1.29, 1.82) is 0 Å². The lowest BCUT2D eigenvalue weighted by Crippen LogP contribution is -2.17. The smallest absolute Gasteiger partial charge is 0.338 e. The van der Waals surface area contributed by atoms with Crippen LogP contribution in [0.2, 0.25) is 0 Å². The summed E-state index contributed by atoms with van der Waals surface area (Å²) in [5.74, 6) is 0.831. The standard InChI is InChI=1S/C17H15NO3/c1-20-14-9-7-13(8-10-14)16-18-15(17(19)21-16)11-12-5-3-2-4-6-12/h2-10,15H,11H2,1H3/t15-/m0/s1. The van der Waals surface area contributed by atoms with Gasteiger partial charge in [0.1, 0.15) is 5.75 Å². The summed E-state index contributed by atoms with van der Waals surface area (Å²) < 4.78 is 10.4. The van der Waals surface area contributed by atoms with Crippen LogP contribution in [-0.2, 0) is 16.0 Å². The average Bonchev–Trinajstić information content (AvgIpc) is 2.89. The van der Waals surface area contributed by atoms with Gasteiger partial charge in [0.15, 0.2) is 6.04 Å². The number of carbonyl (C=O) groups excluding carboxylic acids is 1. The van der Waals surface area contributed by atoms with Crippen molar-refractivity contribution >= 4 is 11.9 Å². The number of aliphatic imine (C=N–C) groups is 1. The van der Waals surface area contributed by atoms with E-state index in [-0.39, 0.29) is 5.97 Å². The van der Waals surface area contributed by atoms with Crippen molar-refractivity contribution < 1.29 is 14.3 Å². The highest BCUT2D eigenvalue weighted by atomic mass is 16.6. The van der Waals surface area contributed by atoms with Crippen LogP contribution in [0.3, 0.4) is 0 Å². The molecule has 0 radical (unpaired) electrons. The molecule has 0 spiro atoms. The SMILES string of the molecule is COc1ccc(C2=N[C@@H](Cc3ccccc3)C(=O)O2)cc1. The Balaban J connectivity index is 1.78. The molecule has 0 unspecified atom stereocenters. The lowest BCUT2D eigenvalue weighted by atomic mass is 10.1. The summed E-state index contributed by atoms with van der Waals surface area (Å²) in [7, 11) is 1.61. The largest absolute Gasteiger partial charge is 0.497 e. The maximum Gasteiger partial charge on any atom is 0.338 e. The predicted molar refractivity (Wildman–Crippen MR) is 79.6 cm³/mol. The molecule has 21 heavy (non-hydrogen) atoms. The number of ether oxygens (including phenoxy) is 2. The first-order valence-electron chi connectivity index (χ1n) is 6.74. The van der Waals surface area contributed by atoms with E-state index < -0.39 is 6.04 Å². The Labute approximate surface area is 123 Å². The van der Waals surface area contributed by atoms with Gasteiger partial charge in [-0.1, -0.05) is 30.3 Å². The zero-order valence-corrected chi connectivity index (χ0v) is 11.7. The lowest BCUT2D eigenvalue weighted by molar-refractivity contribution is -0.134. The van der Waals surface area contributed by atoms with Gasteiger partial charge in [0.2, 0.25) is 5.90 Å². The molecule has 2 aromatic rings. The summed E-state index contributed by atoms with van der Waals surface area (Å²) in [4.78, 5) is 16.3. The summed E-state index contributed by atoms with van der Waals surface area (Å²) in [6.45, 7) is 0. The topological polar surface area (TPSA) is 47.9 Å². The Morgan fingerprint density at radius 2 is 1.81 bits per heavy atom. The van der Waals surface area contributed by atoms with Crippen molar-refractivity contribution in [2.75, 3.05) is 7.11 Å². The summed E-state index contributed by atoms with van der Waals surface area (Å²) in [6.07, 6.45) is 0.555. The van der Waals surface area contributed by atoms with E-state index in [0.717, 1.165) is 16.9 Å². The van der Waals surface area contributed by atoms with Crippen LogP contribution in [0.1, 0.15) is 11.1 Å². The van der Waals surface area contributed by atoms with Gasteiger partial charge in [-0.2, -0.15) is 0 Å². The van der Waals surface area contributed by atoms with Gasteiger partial charge in [0.25, 0.3) is 0 Å². The molecule has 3 rings (SSSR count). The molecule has 0 aliphatic carbocycles. The summed E-state index contributed by atoms with van der Waals surface area (Å²) in [5, 5.41) is 0. The number of benzene rings is 2. The molecule has 0 saturated heterocycles. The molecular weight excluding hydrogens is 266 g/mol. The molecule has 1 atom stereocenters. The second-order valence-electron chi connectivity index (χ2n) is 4.79. The molecule has 106 valence electrons. The van der Waals surface area contributed by atoms with E-state index in [1.54, 1.807) is 7.11 Å². The molecule has 1 heterocycles. The minimum absolute atomic E-state index is 0.301. The molecule has 0 bridgehead atoms. The van der Waals surface area contributed by atoms with Crippen molar-refractivity contribution in [2.24, 2.45) is 4.99 Å². The van der Waals surface area contributed by atoms with Crippen LogP contribution in [0.4, 0.5) is 0 Å². The monoisotopic (exact) mass is 281 g/mol. The lowest BCUT2D eigenvalue weighted by Gasteiger charge is -2.02. The van der Waals surface area contributed by atoms with Crippen molar-refractivity contribution in [2.45, 2.75) is 12.5 Å². The highest BCUT2D eigenvalue weighted by Gasteiger charge is 2.29. The Morgan fingerprint density at radius 1 is 1.10 bits per heavy atom. The van der Waals surface area contributed by atoms with Crippen LogP contribution in [0.5, 0.6) is 5.75 Å². The number of rotatable bonds is 4. The zero-order valence-electron chi connectivity index (χ0n) is 11.7. The highest BCUT2D eigenvalue weighted by Crippen LogP contribution is 2.19. The number of nitrogens with zero attached hydrogens (tertiary/aromatic N) is 1. The second-order valence-corrected chi connectivity index (χ2v) is 4.79. The Bertz CT molecular complexity index is 662. The van der Waals surface area contributed by atoms with Crippen LogP contribution in [-0.4, -0.2) is 25.0 Å². The van der Waals surface area contributed by atoms with Crippen molar-refractivity contribution in [3.63, 3.8) is 0 Å². The molecule has 1 aliphatic heterocycles. The Kier molecular flexibility index (Phi) is 3.69. The van der Waals surface area contributed by atoms with Crippen LogP contribution < -0.4 is 4.74 Å². The number of methoxy groups -OCH3 is 1. The van der Waals surface area contributed by atoms with E-state index in [1.807, 2.05) is 54.6 Å². The molecule has 4 nitrogen and oxygen atoms in total. The van der Waals surface area contributed by atoms with Crippen LogP contribution in [0.15, 0.2) is 59.6 Å². The number of esters is 1. The third-order valence-corrected chi connectivity index (χ3v) is 3.35. The molecule has 0 fully saturated rings. The quantitative estimate of drug-likeness (QED) is 0.809. The van der Waals surface area contributed by atoms with E-state index in [0.29, 0.717) is 12.3 Å². The van der Waals surface area contributed by atoms with Gasteiger partial charge in [0.05, 0.1) is 7.11 Å². The molecule has 1 aliphatic rings. The molecular formula is C17H15NO3. The van der Waals surface area contributed by atoms with Gasteiger partial charge in [-0.15, -0.1) is 0 Å². The fraction of sp³-hybridized carbons (Fsp3) is 0.176. The van der Waals surface area contributed by atoms with E-state index in [4.69, 9.17) is 9.47 Å². The molecule has 2 aromatic carbocycles. The maximum absolute atomic E-state index is 11.9. The van der Waals surface area contributed by atoms with Gasteiger partial charge in [-0.3, -0.25) is 0 Å². The van der Waals surface area contributed by atoms with E-state index in [1.165, 1.54) is 0 Å². The number of carbonyl (C=O) groups is 1. The molecule has 0 amide bonds. The minimum Gasteiger partial charge on any atom is -0.497 e. The zero-order chi connectivity index (χ0) is 14.7. The van der Waals surface area contributed by atoms with E-state index >= 15 is 0 Å². The summed E-state index contributed by atoms with van der Waals surface area (Å²) in [6, 6.07) is 16.6. The van der Waals surface area contributed by atoms with Gasteiger partial charge < -0.3 is 9.47 Å². The summed E-state index contributed by atoms with van der Waals surface area (Å²) in [5.41, 5.74) is 1.85. The van der Waals surface area contributed by atoms with Crippen molar-refractivity contribution in [1.82, 2.24) is 0 Å². The fourth-order valence-corrected chi connectivity index (χ4v) is 2.22. The van der Waals surface area contributed by atoms with Crippen molar-refractivity contribution in [3.05, 3.63) is 65.7 Å². The number of cyclic esters (lactones) is 1. The fourth-order valence-electron chi connectivity index (χ4n) is 2.22. The Morgan fingerprint density at radius 3 is 2.48 bits per heavy atom. The molecule has 0 N–H and O–H groups in total. The summed E-state index contributed by atoms with van der Waals surface area (Å²) >= 11 is 0. The maximum atomic E-state index is 11.9. The Hall–Kier alpha value is -2.62. The van der Waals surface area contributed by atoms with E-state index in [9.17, 15) is 4.79 Å². The second kappa shape index (κ2) is 5.79. The van der Waals surface area contributed by atoms with E-state index in [2.05, 4.69) is 4.99 Å². The highest BCUT2D eigenvalue weighted by molar-refractivity contribution is 6.06. The number of hydrogen-bond acceptors (Lipinski definition) is 4. The molecule has 0 aromatic heterocycles. The van der Waals surface area contributed by atoms with Crippen LogP contribution >= 0.6 is 0 Å². The van der Waals surface area contributed by atoms with Crippen LogP contribution in [0, 0.1) is 0 Å². The van der Waals surface area contributed by atoms with Gasteiger partial charge in [-0.05, 0) is 29.8 Å². The normalized spacial score (nSPS) is 17.3. The van der Waals surface area contributed by atoms with Gasteiger partial charge >= 0.3 is 5.97 Å².